The quantitative estimate of drug-likeness (QED) is 0.816. The summed E-state index contributed by atoms with van der Waals surface area (Å²) in [5.41, 5.74) is 8.74. The van der Waals surface area contributed by atoms with Crippen molar-refractivity contribution >= 4 is 23.2 Å². The van der Waals surface area contributed by atoms with Gasteiger partial charge in [-0.05, 0) is 30.5 Å². The Morgan fingerprint density at radius 1 is 1.32 bits per heavy atom. The average molecular weight is 272 g/mol. The van der Waals surface area contributed by atoms with E-state index in [9.17, 15) is 0 Å². The van der Waals surface area contributed by atoms with E-state index in [1.807, 2.05) is 12.1 Å². The summed E-state index contributed by atoms with van der Waals surface area (Å²) in [7, 11) is 0. The van der Waals surface area contributed by atoms with E-state index < -0.39 is 0 Å². The normalized spacial score (nSPS) is 10.2. The molecule has 0 fully saturated rings. The number of aryl methyl sites for hydroxylation is 1. The van der Waals surface area contributed by atoms with Crippen LogP contribution in [0.25, 0.3) is 0 Å². The fourth-order valence-electron chi connectivity index (χ4n) is 1.78. The maximum atomic E-state index is 5.54. The van der Waals surface area contributed by atoms with E-state index in [1.54, 1.807) is 12.3 Å². The van der Waals surface area contributed by atoms with Crippen molar-refractivity contribution in [3.8, 4) is 0 Å². The highest BCUT2D eigenvalue weighted by molar-refractivity contribution is 7.80. The molecular formula is C14H16N4S. The molecule has 0 aliphatic carbocycles. The molecule has 19 heavy (non-hydrogen) atoms. The molecule has 0 saturated carbocycles. The van der Waals surface area contributed by atoms with Crippen LogP contribution in [0.2, 0.25) is 0 Å². The summed E-state index contributed by atoms with van der Waals surface area (Å²) < 4.78 is 0. The SMILES string of the molecule is Cc1ccccc1CCNc1nccc(C(N)=S)n1. The van der Waals surface area contributed by atoms with E-state index in [0.29, 0.717) is 11.6 Å². The first-order chi connectivity index (χ1) is 9.16. The van der Waals surface area contributed by atoms with Gasteiger partial charge in [-0.1, -0.05) is 36.5 Å². The lowest BCUT2D eigenvalue weighted by Crippen LogP contribution is -2.14. The second-order valence-electron chi connectivity index (χ2n) is 4.23. The van der Waals surface area contributed by atoms with Crippen LogP contribution in [0.15, 0.2) is 36.5 Å². The lowest BCUT2D eigenvalue weighted by molar-refractivity contribution is 0.972. The average Bonchev–Trinajstić information content (AvgIpc) is 2.41. The maximum absolute atomic E-state index is 5.54. The summed E-state index contributed by atoms with van der Waals surface area (Å²) in [5, 5.41) is 3.18. The Morgan fingerprint density at radius 2 is 2.11 bits per heavy atom. The minimum Gasteiger partial charge on any atom is -0.388 e. The molecule has 98 valence electrons. The van der Waals surface area contributed by atoms with Crippen LogP contribution in [0.3, 0.4) is 0 Å². The second-order valence-corrected chi connectivity index (χ2v) is 4.67. The van der Waals surface area contributed by atoms with Crippen LogP contribution in [-0.4, -0.2) is 21.5 Å². The zero-order valence-corrected chi connectivity index (χ0v) is 11.6. The van der Waals surface area contributed by atoms with Gasteiger partial charge in [-0.2, -0.15) is 0 Å². The number of benzene rings is 1. The number of anilines is 1. The zero-order chi connectivity index (χ0) is 13.7. The van der Waals surface area contributed by atoms with Gasteiger partial charge in [0.1, 0.15) is 10.7 Å². The Labute approximate surface area is 118 Å². The predicted octanol–water partition coefficient (Wildman–Crippen LogP) is 2.07. The molecule has 0 atom stereocenters. The largest absolute Gasteiger partial charge is 0.388 e. The molecule has 0 unspecified atom stereocenters. The number of thiocarbonyl (C=S) groups is 1. The topological polar surface area (TPSA) is 63.8 Å². The van der Waals surface area contributed by atoms with Gasteiger partial charge < -0.3 is 11.1 Å². The van der Waals surface area contributed by atoms with Crippen molar-refractivity contribution in [2.75, 3.05) is 11.9 Å². The number of nitrogens with two attached hydrogens (primary N) is 1. The van der Waals surface area contributed by atoms with Crippen LogP contribution < -0.4 is 11.1 Å². The van der Waals surface area contributed by atoms with Gasteiger partial charge in [-0.15, -0.1) is 0 Å². The highest BCUT2D eigenvalue weighted by Crippen LogP contribution is 2.08. The smallest absolute Gasteiger partial charge is 0.223 e. The van der Waals surface area contributed by atoms with Gasteiger partial charge in [0.15, 0.2) is 0 Å². The number of nitrogens with zero attached hydrogens (tertiary/aromatic N) is 2. The third-order valence-electron chi connectivity index (χ3n) is 2.85. The molecular weight excluding hydrogens is 256 g/mol. The van der Waals surface area contributed by atoms with Gasteiger partial charge in [0.2, 0.25) is 5.95 Å². The standard InChI is InChI=1S/C14H16N4S/c1-10-4-2-3-5-11(10)6-8-16-14-17-9-7-12(18-14)13(15)19/h2-5,7,9H,6,8H2,1H3,(H2,15,19)(H,16,17,18). The van der Waals surface area contributed by atoms with Crippen molar-refractivity contribution in [2.24, 2.45) is 5.73 Å². The van der Waals surface area contributed by atoms with Crippen LogP contribution in [0.5, 0.6) is 0 Å². The molecule has 1 heterocycles. The van der Waals surface area contributed by atoms with Crippen molar-refractivity contribution in [3.05, 3.63) is 53.3 Å². The second kappa shape index (κ2) is 6.24. The lowest BCUT2D eigenvalue weighted by Gasteiger charge is -2.07. The van der Waals surface area contributed by atoms with Crippen LogP contribution in [0.4, 0.5) is 5.95 Å². The Morgan fingerprint density at radius 3 is 2.84 bits per heavy atom. The van der Waals surface area contributed by atoms with Crippen molar-refractivity contribution in [1.82, 2.24) is 9.97 Å². The van der Waals surface area contributed by atoms with Gasteiger partial charge in [-0.3, -0.25) is 0 Å². The van der Waals surface area contributed by atoms with Gasteiger partial charge >= 0.3 is 0 Å². The molecule has 0 bridgehead atoms. The molecule has 2 aromatic rings. The molecule has 0 saturated heterocycles. The summed E-state index contributed by atoms with van der Waals surface area (Å²) in [6.07, 6.45) is 2.57. The van der Waals surface area contributed by atoms with Crippen molar-refractivity contribution < 1.29 is 0 Å². The minimum atomic E-state index is 0.282. The first kappa shape index (κ1) is 13.4. The Kier molecular flexibility index (Phi) is 4.41. The van der Waals surface area contributed by atoms with Crippen LogP contribution >= 0.6 is 12.2 Å². The van der Waals surface area contributed by atoms with Crippen molar-refractivity contribution in [2.45, 2.75) is 13.3 Å². The first-order valence-electron chi connectivity index (χ1n) is 6.08. The first-order valence-corrected chi connectivity index (χ1v) is 6.49. The third-order valence-corrected chi connectivity index (χ3v) is 3.06. The van der Waals surface area contributed by atoms with Gasteiger partial charge in [-0.25, -0.2) is 9.97 Å². The van der Waals surface area contributed by atoms with Gasteiger partial charge in [0.05, 0.1) is 0 Å². The molecule has 3 N–H and O–H groups in total. The molecule has 4 nitrogen and oxygen atoms in total. The highest BCUT2D eigenvalue weighted by atomic mass is 32.1. The number of rotatable bonds is 5. The maximum Gasteiger partial charge on any atom is 0.223 e. The monoisotopic (exact) mass is 272 g/mol. The third kappa shape index (κ3) is 3.72. The van der Waals surface area contributed by atoms with E-state index in [0.717, 1.165) is 13.0 Å². The molecule has 1 aromatic carbocycles. The predicted molar refractivity (Wildman–Crippen MR) is 81.3 cm³/mol. The van der Waals surface area contributed by atoms with E-state index in [2.05, 4.69) is 34.3 Å². The Balaban J connectivity index is 1.94. The van der Waals surface area contributed by atoms with Crippen LogP contribution in [0.1, 0.15) is 16.8 Å². The number of hydrogen-bond donors (Lipinski definition) is 2. The Bertz CT molecular complexity index is 583. The molecule has 0 aliphatic rings. The van der Waals surface area contributed by atoms with E-state index in [1.165, 1.54) is 11.1 Å². The van der Waals surface area contributed by atoms with E-state index in [-0.39, 0.29) is 4.99 Å². The van der Waals surface area contributed by atoms with Gasteiger partial charge in [0.25, 0.3) is 0 Å². The number of aromatic nitrogens is 2. The molecule has 2 rings (SSSR count). The highest BCUT2D eigenvalue weighted by Gasteiger charge is 2.02. The zero-order valence-electron chi connectivity index (χ0n) is 10.8. The van der Waals surface area contributed by atoms with Crippen molar-refractivity contribution in [3.63, 3.8) is 0 Å². The van der Waals surface area contributed by atoms with E-state index in [4.69, 9.17) is 18.0 Å². The lowest BCUT2D eigenvalue weighted by atomic mass is 10.1. The van der Waals surface area contributed by atoms with Crippen LogP contribution in [-0.2, 0) is 6.42 Å². The molecule has 0 aliphatic heterocycles. The van der Waals surface area contributed by atoms with E-state index >= 15 is 0 Å². The Hall–Kier alpha value is -2.01. The summed E-state index contributed by atoms with van der Waals surface area (Å²) in [4.78, 5) is 8.66. The number of hydrogen-bond acceptors (Lipinski definition) is 4. The summed E-state index contributed by atoms with van der Waals surface area (Å²) in [6.45, 7) is 2.88. The molecule has 1 aromatic heterocycles. The molecule has 0 spiro atoms. The molecule has 5 heteroatoms. The molecule has 0 radical (unpaired) electrons. The summed E-state index contributed by atoms with van der Waals surface area (Å²) in [5.74, 6) is 0.555. The van der Waals surface area contributed by atoms with Gasteiger partial charge in [0, 0.05) is 12.7 Å². The van der Waals surface area contributed by atoms with Crippen molar-refractivity contribution in [1.29, 1.82) is 0 Å². The summed E-state index contributed by atoms with van der Waals surface area (Å²) in [6, 6.07) is 10.0. The number of nitrogens with one attached hydrogen (secondary N) is 1. The fourth-order valence-corrected chi connectivity index (χ4v) is 1.89. The molecule has 0 amide bonds. The fraction of sp³-hybridized carbons (Fsp3) is 0.214. The minimum absolute atomic E-state index is 0.282. The summed E-state index contributed by atoms with van der Waals surface area (Å²) >= 11 is 4.89. The van der Waals surface area contributed by atoms with Crippen LogP contribution in [0, 0.1) is 6.92 Å².